The zero-order valence-electron chi connectivity index (χ0n) is 19.6. The fourth-order valence-corrected chi connectivity index (χ4v) is 3.49. The first-order chi connectivity index (χ1) is 17.2. The Balaban J connectivity index is 1.82. The van der Waals surface area contributed by atoms with Crippen LogP contribution in [0.1, 0.15) is 35.6 Å². The minimum Gasteiger partial charge on any atom is -0.481 e. The number of ether oxygens (including phenoxy) is 2. The minimum atomic E-state index is -0.702. The average Bonchev–Trinajstić information content (AvgIpc) is 3.23. The second-order valence-electron chi connectivity index (χ2n) is 7.66. The number of carbonyl (C=O) groups excluding carboxylic acids is 1. The first-order valence-corrected chi connectivity index (χ1v) is 10.7. The normalized spacial score (nSPS) is 11.5. The van der Waals surface area contributed by atoms with Crippen LogP contribution in [0.15, 0.2) is 53.6 Å². The van der Waals surface area contributed by atoms with Gasteiger partial charge in [-0.3, -0.25) is 15.2 Å². The molecule has 0 aliphatic rings. The number of aromatic nitrogens is 6. The van der Waals surface area contributed by atoms with E-state index in [1.54, 1.807) is 24.3 Å². The zero-order chi connectivity index (χ0) is 25.8. The summed E-state index contributed by atoms with van der Waals surface area (Å²) in [4.78, 5) is 39.6. The van der Waals surface area contributed by atoms with Crippen LogP contribution in [-0.4, -0.2) is 48.6 Å². The molecule has 3 heterocycles. The van der Waals surface area contributed by atoms with Crippen LogP contribution in [0, 0.1) is 12.3 Å². The number of carbonyl (C=O) groups is 1. The molecule has 13 heteroatoms. The molecule has 1 unspecified atom stereocenters. The third-order valence-electron chi connectivity index (χ3n) is 4.98. The monoisotopic (exact) mass is 489 g/mol. The van der Waals surface area contributed by atoms with Crippen molar-refractivity contribution in [1.82, 2.24) is 29.7 Å². The number of pyridine rings is 1. The van der Waals surface area contributed by atoms with Gasteiger partial charge in [-0.25, -0.2) is 19.7 Å². The van der Waals surface area contributed by atoms with Crippen LogP contribution in [0.2, 0.25) is 0 Å². The number of aromatic amines is 1. The molecule has 4 aromatic rings. The summed E-state index contributed by atoms with van der Waals surface area (Å²) in [5.74, 6) is 0.0258. The van der Waals surface area contributed by atoms with E-state index in [9.17, 15) is 9.59 Å². The summed E-state index contributed by atoms with van der Waals surface area (Å²) in [6.45, 7) is 3.06. The van der Waals surface area contributed by atoms with Gasteiger partial charge in [0, 0.05) is 42.8 Å². The Kier molecular flexibility index (Phi) is 6.72. The number of nitrogens with two attached hydrogens (primary N) is 1. The van der Waals surface area contributed by atoms with E-state index in [1.807, 2.05) is 13.0 Å². The smallest absolute Gasteiger partial charge is 0.350 e. The molecule has 0 saturated carbocycles. The van der Waals surface area contributed by atoms with E-state index in [4.69, 9.17) is 20.6 Å². The van der Waals surface area contributed by atoms with E-state index in [0.29, 0.717) is 22.8 Å². The van der Waals surface area contributed by atoms with E-state index >= 15 is 0 Å². The predicted molar refractivity (Wildman–Crippen MR) is 130 cm³/mol. The molecule has 0 aliphatic heterocycles. The highest BCUT2D eigenvalue weighted by atomic mass is 16.5. The number of nitrogen functional groups attached to an aromatic ring is 1. The topological polar surface area (TPSA) is 187 Å². The number of methoxy groups -OCH3 is 1. The van der Waals surface area contributed by atoms with Crippen LogP contribution in [0.3, 0.4) is 0 Å². The second-order valence-corrected chi connectivity index (χ2v) is 7.66. The zero-order valence-corrected chi connectivity index (χ0v) is 19.6. The molecule has 36 heavy (non-hydrogen) atoms. The van der Waals surface area contributed by atoms with Crippen molar-refractivity contribution in [2.75, 3.05) is 12.4 Å². The molecule has 0 spiro atoms. The number of amidine groups is 1. The van der Waals surface area contributed by atoms with Crippen LogP contribution in [0.4, 0.5) is 5.69 Å². The third kappa shape index (κ3) is 5.19. The molecule has 0 radical (unpaired) electrons. The van der Waals surface area contributed by atoms with Crippen molar-refractivity contribution in [3.63, 3.8) is 0 Å². The Morgan fingerprint density at radius 3 is 2.64 bits per heavy atom. The largest absolute Gasteiger partial charge is 0.481 e. The third-order valence-corrected chi connectivity index (χ3v) is 4.98. The van der Waals surface area contributed by atoms with Gasteiger partial charge < -0.3 is 20.5 Å². The fraction of sp³-hybridized carbons (Fsp3) is 0.174. The number of hydrogen-bond acceptors (Lipinski definition) is 10. The molecule has 0 aliphatic carbocycles. The van der Waals surface area contributed by atoms with Gasteiger partial charge in [0.05, 0.1) is 12.7 Å². The number of esters is 1. The molecule has 0 amide bonds. The molecule has 13 nitrogen and oxygen atoms in total. The van der Waals surface area contributed by atoms with E-state index < -0.39 is 17.7 Å². The molecular weight excluding hydrogens is 466 g/mol. The van der Waals surface area contributed by atoms with Crippen molar-refractivity contribution >= 4 is 17.5 Å². The van der Waals surface area contributed by atoms with E-state index in [2.05, 4.69) is 30.4 Å². The summed E-state index contributed by atoms with van der Waals surface area (Å²) in [5, 5.41) is 15.5. The Morgan fingerprint density at radius 1 is 1.22 bits per heavy atom. The highest BCUT2D eigenvalue weighted by Crippen LogP contribution is 2.30. The van der Waals surface area contributed by atoms with Crippen LogP contribution in [0.5, 0.6) is 11.6 Å². The quantitative estimate of drug-likeness (QED) is 0.122. The van der Waals surface area contributed by atoms with Gasteiger partial charge in [-0.15, -0.1) is 9.78 Å². The molecule has 3 aromatic heterocycles. The van der Waals surface area contributed by atoms with Crippen molar-refractivity contribution in [2.45, 2.75) is 19.9 Å². The van der Waals surface area contributed by atoms with Crippen molar-refractivity contribution in [2.24, 2.45) is 5.73 Å². The molecule has 1 aromatic carbocycles. The lowest BCUT2D eigenvalue weighted by Crippen LogP contribution is -2.18. The van der Waals surface area contributed by atoms with E-state index in [0.717, 1.165) is 4.68 Å². The number of nitrogens with zero attached hydrogens (tertiary/aromatic N) is 5. The van der Waals surface area contributed by atoms with E-state index in [-0.39, 0.29) is 28.9 Å². The summed E-state index contributed by atoms with van der Waals surface area (Å²) in [6, 6.07) is 9.20. The van der Waals surface area contributed by atoms with Crippen molar-refractivity contribution in [3.05, 3.63) is 81.9 Å². The fourth-order valence-electron chi connectivity index (χ4n) is 3.49. The summed E-state index contributed by atoms with van der Waals surface area (Å²) in [5.41, 5.74) is 7.21. The first-order valence-electron chi connectivity index (χ1n) is 10.7. The number of rotatable bonds is 8. The van der Waals surface area contributed by atoms with Crippen LogP contribution < -0.4 is 26.2 Å². The number of anilines is 1. The number of hydrogen-bond donors (Lipinski definition) is 4. The van der Waals surface area contributed by atoms with E-state index in [1.165, 1.54) is 32.5 Å². The summed E-state index contributed by atoms with van der Waals surface area (Å²) in [7, 11) is 1.50. The lowest BCUT2D eigenvalue weighted by Gasteiger charge is -2.20. The molecule has 5 N–H and O–H groups in total. The Morgan fingerprint density at radius 2 is 1.97 bits per heavy atom. The second kappa shape index (κ2) is 10.0. The van der Waals surface area contributed by atoms with Gasteiger partial charge in [0.25, 0.3) is 5.95 Å². The van der Waals surface area contributed by atoms with Crippen molar-refractivity contribution < 1.29 is 14.3 Å². The Bertz CT molecular complexity index is 1480. The van der Waals surface area contributed by atoms with Gasteiger partial charge >= 0.3 is 11.7 Å². The predicted octanol–water partition coefficient (Wildman–Crippen LogP) is 1.47. The van der Waals surface area contributed by atoms with Gasteiger partial charge in [-0.05, 0) is 36.8 Å². The maximum Gasteiger partial charge on any atom is 0.350 e. The molecule has 1 atom stereocenters. The summed E-state index contributed by atoms with van der Waals surface area (Å²) < 4.78 is 11.6. The maximum atomic E-state index is 12.7. The molecular formula is C23H23N9O4. The Hall–Kier alpha value is -5.07. The number of aryl methyl sites for hydroxylation is 1. The summed E-state index contributed by atoms with van der Waals surface area (Å²) in [6.07, 6.45) is 3.01. The van der Waals surface area contributed by atoms with Crippen LogP contribution in [-0.2, 0) is 4.79 Å². The van der Waals surface area contributed by atoms with Gasteiger partial charge in [-0.2, -0.15) is 0 Å². The van der Waals surface area contributed by atoms with Crippen molar-refractivity contribution in [1.29, 1.82) is 5.41 Å². The lowest BCUT2D eigenvalue weighted by atomic mass is 10.1. The SMILES string of the molecule is COc1cc(C(Nc2ccc(C(=N)N)c(OC(C)=O)c2)c2nn(-c3ncccn3)c(=O)[nH]2)cc(C)n1. The standard InChI is InChI=1S/C23H23N9O4/c1-12-9-14(10-18(28-12)35-3)19(21-30-23(34)32(31-21)22-26-7-4-8-27-22)29-15-5-6-16(20(24)25)17(11-15)36-13(2)33/h4-11,19,29H,1-3H3,(H3,24,25)(H,30,31,34). The Labute approximate surface area is 204 Å². The molecule has 0 fully saturated rings. The van der Waals surface area contributed by atoms with Gasteiger partial charge in [-0.1, -0.05) is 0 Å². The molecule has 4 rings (SSSR count). The van der Waals surface area contributed by atoms with Gasteiger partial charge in [0.1, 0.15) is 17.6 Å². The molecule has 0 bridgehead atoms. The minimum absolute atomic E-state index is 0.107. The van der Waals surface area contributed by atoms with Crippen LogP contribution >= 0.6 is 0 Å². The summed E-state index contributed by atoms with van der Waals surface area (Å²) >= 11 is 0. The highest BCUT2D eigenvalue weighted by Gasteiger charge is 2.23. The molecule has 184 valence electrons. The van der Waals surface area contributed by atoms with Gasteiger partial charge in [0.2, 0.25) is 5.88 Å². The van der Waals surface area contributed by atoms with Gasteiger partial charge in [0.15, 0.2) is 5.82 Å². The first kappa shape index (κ1) is 24.1. The number of H-pyrrole nitrogens is 1. The average molecular weight is 489 g/mol. The maximum absolute atomic E-state index is 12.7. The molecule has 0 saturated heterocycles. The van der Waals surface area contributed by atoms with Crippen molar-refractivity contribution in [3.8, 4) is 17.6 Å². The highest BCUT2D eigenvalue weighted by molar-refractivity contribution is 5.98. The lowest BCUT2D eigenvalue weighted by molar-refractivity contribution is -0.131. The van der Waals surface area contributed by atoms with Crippen LogP contribution in [0.25, 0.3) is 5.95 Å². The number of benzene rings is 1. The number of nitrogens with one attached hydrogen (secondary N) is 3.